The predicted octanol–water partition coefficient (Wildman–Crippen LogP) is -0.900. The largest absolute Gasteiger partial charge is 0.394 e. The zero-order valence-corrected chi connectivity index (χ0v) is 10.5. The van der Waals surface area contributed by atoms with Crippen LogP contribution in [0, 0.1) is 4.64 Å². The molecule has 1 aliphatic rings. The first-order valence-corrected chi connectivity index (χ1v) is 6.07. The number of rotatable bonds is 2. The third-order valence-corrected chi connectivity index (χ3v) is 3.47. The highest BCUT2D eigenvalue weighted by atomic mass is 32.1. The van der Waals surface area contributed by atoms with Crippen molar-refractivity contribution in [2.45, 2.75) is 24.5 Å². The van der Waals surface area contributed by atoms with E-state index in [1.54, 1.807) is 0 Å². The van der Waals surface area contributed by atoms with Crippen molar-refractivity contribution in [2.75, 3.05) is 6.61 Å². The molecule has 4 atom stereocenters. The van der Waals surface area contributed by atoms with Gasteiger partial charge in [-0.1, -0.05) is 12.2 Å². The first kappa shape index (κ1) is 12.6. The van der Waals surface area contributed by atoms with E-state index in [-0.39, 0.29) is 6.61 Å². The summed E-state index contributed by atoms with van der Waals surface area (Å²) in [4.78, 5) is 10.9. The molecule has 0 radical (unpaired) electrons. The Labute approximate surface area is 112 Å². The van der Waals surface area contributed by atoms with Crippen LogP contribution in [0.5, 0.6) is 0 Å². The van der Waals surface area contributed by atoms with Gasteiger partial charge in [-0.25, -0.2) is 9.97 Å². The van der Waals surface area contributed by atoms with Gasteiger partial charge in [-0.3, -0.25) is 4.57 Å². The maximum Gasteiger partial charge on any atom is 0.165 e. The monoisotopic (exact) mass is 284 g/mol. The van der Waals surface area contributed by atoms with Gasteiger partial charge in [0.25, 0.3) is 0 Å². The zero-order valence-electron chi connectivity index (χ0n) is 9.67. The van der Waals surface area contributed by atoms with E-state index in [1.165, 1.54) is 17.2 Å². The number of nitrogens with one attached hydrogen (secondary N) is 1. The first-order valence-electron chi connectivity index (χ1n) is 5.66. The Morgan fingerprint density at radius 2 is 2.16 bits per heavy atom. The molecule has 9 heteroatoms. The lowest BCUT2D eigenvalue weighted by Crippen LogP contribution is -2.33. The van der Waals surface area contributed by atoms with Crippen molar-refractivity contribution in [3.63, 3.8) is 0 Å². The van der Waals surface area contributed by atoms with Crippen LogP contribution < -0.4 is 0 Å². The summed E-state index contributed by atoms with van der Waals surface area (Å²) in [5, 5.41) is 28.8. The van der Waals surface area contributed by atoms with Crippen molar-refractivity contribution in [3.8, 4) is 0 Å². The standard InChI is InChI=1S/C10H12N4O4S/c15-1-4-6(16)7(17)10(18-4)14-3-13-5-8(14)11-2-12-9(5)19/h2-4,6-7,10,15-17H,1H2,(H,11,12,19)/t4-,6+,7-,10+/m0/s1. The van der Waals surface area contributed by atoms with Gasteiger partial charge < -0.3 is 25.0 Å². The molecule has 4 N–H and O–H groups in total. The summed E-state index contributed by atoms with van der Waals surface area (Å²) >= 11 is 5.04. The maximum absolute atomic E-state index is 9.97. The predicted molar refractivity (Wildman–Crippen MR) is 65.7 cm³/mol. The lowest BCUT2D eigenvalue weighted by atomic mass is 10.1. The number of hydrogen-bond acceptors (Lipinski definition) is 7. The highest BCUT2D eigenvalue weighted by Crippen LogP contribution is 2.30. The normalized spacial score (nSPS) is 31.1. The Kier molecular flexibility index (Phi) is 3.07. The van der Waals surface area contributed by atoms with Crippen LogP contribution in [0.1, 0.15) is 6.23 Å². The minimum absolute atomic E-state index is 0.333. The number of nitrogens with zero attached hydrogens (tertiary/aromatic N) is 3. The highest BCUT2D eigenvalue weighted by molar-refractivity contribution is 7.71. The number of ether oxygens (including phenoxy) is 1. The fourth-order valence-corrected chi connectivity index (χ4v) is 2.38. The Bertz CT molecular complexity index is 656. The maximum atomic E-state index is 9.97. The first-order chi connectivity index (χ1) is 9.13. The van der Waals surface area contributed by atoms with Crippen LogP contribution in [0.15, 0.2) is 12.7 Å². The Morgan fingerprint density at radius 3 is 2.84 bits per heavy atom. The minimum Gasteiger partial charge on any atom is -0.394 e. The molecule has 0 aromatic carbocycles. The van der Waals surface area contributed by atoms with Gasteiger partial charge in [0, 0.05) is 0 Å². The van der Waals surface area contributed by atoms with Crippen LogP contribution in [0.2, 0.25) is 0 Å². The molecule has 0 aliphatic carbocycles. The molecule has 1 fully saturated rings. The summed E-state index contributed by atoms with van der Waals surface area (Å²) in [6.45, 7) is -0.376. The molecule has 19 heavy (non-hydrogen) atoms. The fraction of sp³-hybridized carbons (Fsp3) is 0.500. The third kappa shape index (κ3) is 1.86. The SMILES string of the molecule is OC[C@@H]1O[C@@H](n2cnc3c(=S)nc[nH]c32)[C@@H](O)[C@@H]1O. The quantitative estimate of drug-likeness (QED) is 0.528. The van der Waals surface area contributed by atoms with Gasteiger partial charge in [-0.15, -0.1) is 0 Å². The number of fused-ring (bicyclic) bond motifs is 1. The summed E-state index contributed by atoms with van der Waals surface area (Å²) in [7, 11) is 0. The smallest absolute Gasteiger partial charge is 0.165 e. The summed E-state index contributed by atoms with van der Waals surface area (Å²) in [5.74, 6) is 0. The van der Waals surface area contributed by atoms with E-state index in [1.807, 2.05) is 0 Å². The highest BCUT2D eigenvalue weighted by Gasteiger charge is 2.43. The lowest BCUT2D eigenvalue weighted by Gasteiger charge is -2.16. The van der Waals surface area contributed by atoms with Gasteiger partial charge in [0.1, 0.15) is 29.5 Å². The van der Waals surface area contributed by atoms with Crippen LogP contribution in [-0.2, 0) is 4.74 Å². The van der Waals surface area contributed by atoms with Crippen LogP contribution in [-0.4, -0.2) is 59.8 Å². The number of aromatic nitrogens is 4. The van der Waals surface area contributed by atoms with E-state index < -0.39 is 24.5 Å². The molecule has 3 heterocycles. The third-order valence-electron chi connectivity index (χ3n) is 3.17. The van der Waals surface area contributed by atoms with Crippen molar-refractivity contribution < 1.29 is 20.1 Å². The van der Waals surface area contributed by atoms with Crippen LogP contribution >= 0.6 is 12.2 Å². The molecule has 2 aromatic rings. The van der Waals surface area contributed by atoms with E-state index >= 15 is 0 Å². The van der Waals surface area contributed by atoms with Gasteiger partial charge in [-0.05, 0) is 0 Å². The van der Waals surface area contributed by atoms with E-state index in [9.17, 15) is 10.2 Å². The number of aliphatic hydroxyl groups is 3. The van der Waals surface area contributed by atoms with Crippen LogP contribution in [0.4, 0.5) is 0 Å². The second kappa shape index (κ2) is 4.62. The average molecular weight is 284 g/mol. The van der Waals surface area contributed by atoms with Crippen molar-refractivity contribution in [2.24, 2.45) is 0 Å². The second-order valence-corrected chi connectivity index (χ2v) is 4.67. The van der Waals surface area contributed by atoms with Crippen LogP contribution in [0.3, 0.4) is 0 Å². The summed E-state index contributed by atoms with van der Waals surface area (Å²) in [6.07, 6.45) is -1.13. The van der Waals surface area contributed by atoms with Crippen molar-refractivity contribution >= 4 is 23.4 Å². The summed E-state index contributed by atoms with van der Waals surface area (Å²) in [5.41, 5.74) is 1.02. The molecule has 102 valence electrons. The molecule has 0 unspecified atom stereocenters. The molecule has 0 bridgehead atoms. The molecule has 0 spiro atoms. The number of H-pyrrole nitrogens is 1. The molecule has 1 aliphatic heterocycles. The zero-order chi connectivity index (χ0) is 13.6. The summed E-state index contributed by atoms with van der Waals surface area (Å²) < 4.78 is 7.28. The molecular formula is C10H12N4O4S. The molecular weight excluding hydrogens is 272 g/mol. The minimum atomic E-state index is -1.16. The molecule has 2 aromatic heterocycles. The van der Waals surface area contributed by atoms with E-state index in [0.29, 0.717) is 15.8 Å². The van der Waals surface area contributed by atoms with E-state index in [4.69, 9.17) is 22.1 Å². The van der Waals surface area contributed by atoms with Gasteiger partial charge in [0.2, 0.25) is 0 Å². The number of aliphatic hydroxyl groups excluding tert-OH is 3. The van der Waals surface area contributed by atoms with Crippen molar-refractivity contribution in [1.82, 2.24) is 19.5 Å². The van der Waals surface area contributed by atoms with Crippen LogP contribution in [0.25, 0.3) is 11.2 Å². The van der Waals surface area contributed by atoms with Crippen molar-refractivity contribution in [1.29, 1.82) is 0 Å². The van der Waals surface area contributed by atoms with Crippen molar-refractivity contribution in [3.05, 3.63) is 17.3 Å². The Balaban J connectivity index is 2.06. The summed E-state index contributed by atoms with van der Waals surface area (Å²) in [6, 6.07) is 0. The van der Waals surface area contributed by atoms with Gasteiger partial charge in [0.15, 0.2) is 10.9 Å². The molecule has 1 saturated heterocycles. The molecule has 0 amide bonds. The second-order valence-electron chi connectivity index (χ2n) is 4.29. The van der Waals surface area contributed by atoms with E-state index in [2.05, 4.69) is 15.0 Å². The number of imidazole rings is 1. The Hall–Kier alpha value is -1.39. The van der Waals surface area contributed by atoms with Gasteiger partial charge in [-0.2, -0.15) is 0 Å². The number of hydrogen-bond donors (Lipinski definition) is 4. The van der Waals surface area contributed by atoms with Gasteiger partial charge >= 0.3 is 0 Å². The topological polar surface area (TPSA) is 116 Å². The molecule has 3 rings (SSSR count). The molecule has 0 saturated carbocycles. The van der Waals surface area contributed by atoms with Gasteiger partial charge in [0.05, 0.1) is 19.3 Å². The average Bonchev–Trinajstić information content (AvgIpc) is 2.94. The fourth-order valence-electron chi connectivity index (χ4n) is 2.18. The molecule has 8 nitrogen and oxygen atoms in total. The van der Waals surface area contributed by atoms with E-state index in [0.717, 1.165) is 0 Å². The number of aromatic amines is 1. The Morgan fingerprint density at radius 1 is 1.37 bits per heavy atom. The lowest BCUT2D eigenvalue weighted by molar-refractivity contribution is -0.0511.